The van der Waals surface area contributed by atoms with Crippen molar-refractivity contribution in [2.24, 2.45) is 0 Å². The number of esters is 1. The van der Waals surface area contributed by atoms with Gasteiger partial charge in [0.2, 0.25) is 0 Å². The molecule has 1 aromatic carbocycles. The van der Waals surface area contributed by atoms with E-state index in [1.165, 1.54) is 18.1 Å². The van der Waals surface area contributed by atoms with Gasteiger partial charge in [-0.1, -0.05) is 0 Å². The van der Waals surface area contributed by atoms with Crippen LogP contribution in [0.15, 0.2) is 30.6 Å². The first kappa shape index (κ1) is 12.1. The monoisotopic (exact) mass is 247 g/mol. The highest BCUT2D eigenvalue weighted by molar-refractivity contribution is 5.68. The summed E-state index contributed by atoms with van der Waals surface area (Å²) in [5.74, 6) is 0.968. The largest absolute Gasteiger partial charge is 0.497 e. The molecule has 0 saturated heterocycles. The summed E-state index contributed by atoms with van der Waals surface area (Å²) < 4.78 is 11.1. The third-order valence-corrected chi connectivity index (χ3v) is 2.40. The van der Waals surface area contributed by atoms with E-state index in [4.69, 9.17) is 4.74 Å². The van der Waals surface area contributed by atoms with Gasteiger partial charge in [0.1, 0.15) is 18.6 Å². The molecule has 0 aliphatic heterocycles. The Morgan fingerprint density at radius 3 is 2.61 bits per heavy atom. The molecule has 0 fully saturated rings. The number of carbonyl (C=O) groups excluding carboxylic acids is 1. The van der Waals surface area contributed by atoms with Gasteiger partial charge in [-0.05, 0) is 24.3 Å². The van der Waals surface area contributed by atoms with Crippen LogP contribution in [0.25, 0.3) is 11.4 Å². The Bertz CT molecular complexity index is 534. The third kappa shape index (κ3) is 2.65. The predicted molar refractivity (Wildman–Crippen MR) is 64.0 cm³/mol. The number of rotatable bonds is 4. The SMILES string of the molecule is COC(=O)Cn1cnc(-c2ccc(OC)cc2)n1. The predicted octanol–water partition coefficient (Wildman–Crippen LogP) is 1.13. The molecule has 94 valence electrons. The van der Waals surface area contributed by atoms with Crippen molar-refractivity contribution in [3.05, 3.63) is 30.6 Å². The average molecular weight is 247 g/mol. The second-order valence-electron chi connectivity index (χ2n) is 3.57. The van der Waals surface area contributed by atoms with Gasteiger partial charge < -0.3 is 9.47 Å². The van der Waals surface area contributed by atoms with Crippen molar-refractivity contribution >= 4 is 5.97 Å². The summed E-state index contributed by atoms with van der Waals surface area (Å²) in [5.41, 5.74) is 0.861. The Morgan fingerprint density at radius 2 is 2.00 bits per heavy atom. The minimum atomic E-state index is -0.360. The number of ether oxygens (including phenoxy) is 2. The Kier molecular flexibility index (Phi) is 3.57. The lowest BCUT2D eigenvalue weighted by atomic mass is 10.2. The molecule has 0 aliphatic carbocycles. The quantitative estimate of drug-likeness (QED) is 0.757. The van der Waals surface area contributed by atoms with Crippen molar-refractivity contribution in [3.63, 3.8) is 0 Å². The molecule has 2 rings (SSSR count). The standard InChI is InChI=1S/C12H13N3O3/c1-17-10-5-3-9(4-6-10)12-13-8-15(14-12)7-11(16)18-2/h3-6,8H,7H2,1-2H3. The first-order valence-electron chi connectivity index (χ1n) is 5.33. The Labute approximate surface area is 104 Å². The molecule has 0 atom stereocenters. The first-order chi connectivity index (χ1) is 8.72. The maximum Gasteiger partial charge on any atom is 0.327 e. The smallest absolute Gasteiger partial charge is 0.327 e. The maximum absolute atomic E-state index is 11.1. The molecule has 0 aliphatic rings. The Balaban J connectivity index is 2.15. The Morgan fingerprint density at radius 1 is 1.28 bits per heavy atom. The lowest BCUT2D eigenvalue weighted by molar-refractivity contribution is -0.141. The van der Waals surface area contributed by atoms with Crippen molar-refractivity contribution in [2.45, 2.75) is 6.54 Å². The van der Waals surface area contributed by atoms with Crippen LogP contribution in [0.4, 0.5) is 0 Å². The van der Waals surface area contributed by atoms with Gasteiger partial charge in [0.15, 0.2) is 5.82 Å². The van der Waals surface area contributed by atoms with Crippen LogP contribution in [0.1, 0.15) is 0 Å². The molecular formula is C12H13N3O3. The van der Waals surface area contributed by atoms with Gasteiger partial charge >= 0.3 is 5.97 Å². The van der Waals surface area contributed by atoms with E-state index in [0.29, 0.717) is 5.82 Å². The van der Waals surface area contributed by atoms with Gasteiger partial charge in [-0.2, -0.15) is 5.10 Å². The van der Waals surface area contributed by atoms with Gasteiger partial charge in [-0.15, -0.1) is 0 Å². The van der Waals surface area contributed by atoms with E-state index < -0.39 is 0 Å². The van der Waals surface area contributed by atoms with Crippen LogP contribution in [0.5, 0.6) is 5.75 Å². The molecule has 2 aromatic rings. The van der Waals surface area contributed by atoms with Gasteiger partial charge in [0, 0.05) is 5.56 Å². The number of nitrogens with zero attached hydrogens (tertiary/aromatic N) is 3. The lowest BCUT2D eigenvalue weighted by Gasteiger charge is -2.00. The molecule has 0 spiro atoms. The van der Waals surface area contributed by atoms with Crippen molar-refractivity contribution < 1.29 is 14.3 Å². The van der Waals surface area contributed by atoms with Crippen LogP contribution in [0.3, 0.4) is 0 Å². The van der Waals surface area contributed by atoms with Crippen molar-refractivity contribution in [2.75, 3.05) is 14.2 Å². The van der Waals surface area contributed by atoms with Crippen LogP contribution in [0.2, 0.25) is 0 Å². The summed E-state index contributed by atoms with van der Waals surface area (Å²) in [4.78, 5) is 15.2. The van der Waals surface area contributed by atoms with Crippen LogP contribution in [-0.4, -0.2) is 35.0 Å². The normalized spacial score (nSPS) is 10.1. The van der Waals surface area contributed by atoms with Crippen molar-refractivity contribution in [3.8, 4) is 17.1 Å². The molecule has 0 N–H and O–H groups in total. The van der Waals surface area contributed by atoms with E-state index in [-0.39, 0.29) is 12.5 Å². The minimum absolute atomic E-state index is 0.0552. The Hall–Kier alpha value is -2.37. The molecule has 18 heavy (non-hydrogen) atoms. The van der Waals surface area contributed by atoms with E-state index in [9.17, 15) is 4.79 Å². The van der Waals surface area contributed by atoms with Gasteiger partial charge in [0.05, 0.1) is 14.2 Å². The number of benzene rings is 1. The second kappa shape index (κ2) is 5.31. The van der Waals surface area contributed by atoms with E-state index >= 15 is 0 Å². The fraction of sp³-hybridized carbons (Fsp3) is 0.250. The fourth-order valence-electron chi connectivity index (χ4n) is 1.44. The molecular weight excluding hydrogens is 234 g/mol. The highest BCUT2D eigenvalue weighted by Crippen LogP contribution is 2.18. The van der Waals surface area contributed by atoms with Crippen molar-refractivity contribution in [1.82, 2.24) is 14.8 Å². The highest BCUT2D eigenvalue weighted by atomic mass is 16.5. The van der Waals surface area contributed by atoms with Crippen LogP contribution in [-0.2, 0) is 16.1 Å². The summed E-state index contributed by atoms with van der Waals surface area (Å²) in [6, 6.07) is 7.37. The van der Waals surface area contributed by atoms with Crippen LogP contribution < -0.4 is 4.74 Å². The number of aromatic nitrogens is 3. The zero-order chi connectivity index (χ0) is 13.0. The molecule has 0 radical (unpaired) electrons. The minimum Gasteiger partial charge on any atom is -0.497 e. The molecule has 6 nitrogen and oxygen atoms in total. The molecule has 6 heteroatoms. The molecule has 1 aromatic heterocycles. The number of hydrogen-bond donors (Lipinski definition) is 0. The molecule has 0 amide bonds. The van der Waals surface area contributed by atoms with Crippen molar-refractivity contribution in [1.29, 1.82) is 0 Å². The maximum atomic E-state index is 11.1. The zero-order valence-electron chi connectivity index (χ0n) is 10.2. The molecule has 0 unspecified atom stereocenters. The van der Waals surface area contributed by atoms with E-state index in [1.54, 1.807) is 7.11 Å². The lowest BCUT2D eigenvalue weighted by Crippen LogP contribution is -2.11. The number of methoxy groups -OCH3 is 2. The summed E-state index contributed by atoms with van der Waals surface area (Å²) in [6.07, 6.45) is 1.50. The number of hydrogen-bond acceptors (Lipinski definition) is 5. The number of carbonyl (C=O) groups is 1. The summed E-state index contributed by atoms with van der Waals surface area (Å²) in [7, 11) is 2.95. The van der Waals surface area contributed by atoms with Gasteiger partial charge in [-0.3, -0.25) is 4.79 Å². The highest BCUT2D eigenvalue weighted by Gasteiger charge is 2.07. The fourth-order valence-corrected chi connectivity index (χ4v) is 1.44. The first-order valence-corrected chi connectivity index (χ1v) is 5.33. The third-order valence-electron chi connectivity index (χ3n) is 2.40. The molecule has 1 heterocycles. The second-order valence-corrected chi connectivity index (χ2v) is 3.57. The van der Waals surface area contributed by atoms with Gasteiger partial charge in [0.25, 0.3) is 0 Å². The summed E-state index contributed by atoms with van der Waals surface area (Å²) >= 11 is 0. The van der Waals surface area contributed by atoms with E-state index in [0.717, 1.165) is 11.3 Å². The van der Waals surface area contributed by atoms with Gasteiger partial charge in [-0.25, -0.2) is 9.67 Å². The summed E-state index contributed by atoms with van der Waals surface area (Å²) in [5, 5.41) is 4.19. The van der Waals surface area contributed by atoms with E-state index in [2.05, 4.69) is 14.8 Å². The average Bonchev–Trinajstić information content (AvgIpc) is 2.87. The zero-order valence-corrected chi connectivity index (χ0v) is 10.2. The molecule has 0 bridgehead atoms. The van der Waals surface area contributed by atoms with Crippen LogP contribution >= 0.6 is 0 Å². The molecule has 0 saturated carbocycles. The van der Waals surface area contributed by atoms with Crippen LogP contribution in [0, 0.1) is 0 Å². The van der Waals surface area contributed by atoms with E-state index in [1.807, 2.05) is 24.3 Å². The summed E-state index contributed by atoms with van der Waals surface area (Å²) in [6.45, 7) is 0.0552. The topological polar surface area (TPSA) is 66.2 Å².